The number of benzene rings is 3. The van der Waals surface area contributed by atoms with E-state index < -0.39 is 0 Å². The molecule has 27 heavy (non-hydrogen) atoms. The Bertz CT molecular complexity index is 992. The van der Waals surface area contributed by atoms with Gasteiger partial charge in [-0.05, 0) is 47.1 Å². The van der Waals surface area contributed by atoms with Crippen molar-refractivity contribution in [3.8, 4) is 0 Å². The Hall–Kier alpha value is -1.20. The Morgan fingerprint density at radius 1 is 0.815 bits per heavy atom. The topological polar surface area (TPSA) is 20.2 Å². The van der Waals surface area contributed by atoms with Crippen LogP contribution in [0.1, 0.15) is 27.8 Å². The van der Waals surface area contributed by atoms with Gasteiger partial charge in [-0.2, -0.15) is 0 Å². The zero-order valence-corrected chi connectivity index (χ0v) is 20.1. The molecule has 0 amide bonds. The summed E-state index contributed by atoms with van der Waals surface area (Å²) in [5.41, 5.74) is 7.54. The van der Waals surface area contributed by atoms with E-state index in [1.54, 1.807) is 0 Å². The summed E-state index contributed by atoms with van der Waals surface area (Å²) in [5.74, 6) is 0. The smallest absolute Gasteiger partial charge is 0.0718 e. The van der Waals surface area contributed by atoms with Crippen LogP contribution in [0, 0.1) is 44.1 Å². The Labute approximate surface area is 196 Å². The Morgan fingerprint density at radius 2 is 1.48 bits per heavy atom. The number of hydrogen-bond donors (Lipinski definition) is 1. The van der Waals surface area contributed by atoms with Crippen molar-refractivity contribution in [2.24, 2.45) is 0 Å². The summed E-state index contributed by atoms with van der Waals surface area (Å²) in [6.07, 6.45) is 4.43. The monoisotopic (exact) mass is 565 g/mol. The average molecular weight is 565 g/mol. The molecule has 2 atom stereocenters. The Kier molecular flexibility index (Phi) is 5.43. The van der Waals surface area contributed by atoms with Gasteiger partial charge in [0.05, 0.1) is 6.10 Å². The van der Waals surface area contributed by atoms with E-state index in [4.69, 9.17) is 0 Å². The zero-order chi connectivity index (χ0) is 17.6. The van der Waals surface area contributed by atoms with Crippen molar-refractivity contribution in [1.29, 1.82) is 0 Å². The second-order valence-corrected chi connectivity index (χ2v) is 7.56. The second kappa shape index (κ2) is 7.67. The van der Waals surface area contributed by atoms with Crippen molar-refractivity contribution < 1.29 is 49.2 Å². The van der Waals surface area contributed by atoms with Crippen LogP contribution in [0.25, 0.3) is 6.08 Å². The fourth-order valence-corrected chi connectivity index (χ4v) is 4.89. The van der Waals surface area contributed by atoms with Gasteiger partial charge in [-0.3, -0.25) is 0 Å². The second-order valence-electron chi connectivity index (χ2n) is 7.56. The van der Waals surface area contributed by atoms with E-state index in [0.717, 1.165) is 19.3 Å². The van der Waals surface area contributed by atoms with E-state index in [9.17, 15) is 5.11 Å². The van der Waals surface area contributed by atoms with Crippen LogP contribution in [0.15, 0.2) is 84.4 Å². The normalized spacial score (nSPS) is 22.6. The number of aliphatic hydroxyl groups is 1. The quantitative estimate of drug-likeness (QED) is 0.488. The largest absolute Gasteiger partial charge is 0.391 e. The predicted molar refractivity (Wildman–Crippen MR) is 106 cm³/mol. The minimum atomic E-state index is -0.388. The molecule has 1 nitrogen and oxygen atoms in total. The maximum atomic E-state index is 11.3. The minimum absolute atomic E-state index is 0. The van der Waals surface area contributed by atoms with Gasteiger partial charge in [-0.15, -0.1) is 0 Å². The molecule has 2 heteroatoms. The molecule has 0 bridgehead atoms. The summed E-state index contributed by atoms with van der Waals surface area (Å²) < 4.78 is 0. The molecule has 3 aromatic rings. The van der Waals surface area contributed by atoms with Gasteiger partial charge in [0, 0.05) is 49.5 Å². The van der Waals surface area contributed by atoms with Crippen molar-refractivity contribution in [3.05, 3.63) is 112 Å². The van der Waals surface area contributed by atoms with Crippen molar-refractivity contribution in [1.82, 2.24) is 0 Å². The third kappa shape index (κ3) is 3.17. The summed E-state index contributed by atoms with van der Waals surface area (Å²) in [5, 5.41) is 11.3. The fourth-order valence-electron chi connectivity index (χ4n) is 4.89. The molecule has 5 rings (SSSR count). The van der Waals surface area contributed by atoms with Crippen molar-refractivity contribution in [3.63, 3.8) is 0 Å². The third-order valence-electron chi connectivity index (χ3n) is 6.14. The molecule has 3 aromatic carbocycles. The molecule has 0 spiro atoms. The van der Waals surface area contributed by atoms with Gasteiger partial charge in [-0.25, -0.2) is 0 Å². The van der Waals surface area contributed by atoms with Crippen molar-refractivity contribution >= 4 is 6.08 Å². The molecular weight excluding hydrogens is 543 g/mol. The Balaban J connectivity index is 0.00000180. The molecule has 2 unspecified atom stereocenters. The zero-order valence-electron chi connectivity index (χ0n) is 15.3. The molecule has 0 aromatic heterocycles. The van der Waals surface area contributed by atoms with E-state index >= 15 is 0 Å². The molecule has 2 aliphatic carbocycles. The summed E-state index contributed by atoms with van der Waals surface area (Å²) in [6.45, 7) is 0. The average Bonchev–Trinajstić information content (AvgIpc) is 3.23. The van der Waals surface area contributed by atoms with Gasteiger partial charge in [0.15, 0.2) is 0 Å². The van der Waals surface area contributed by atoms with Gasteiger partial charge in [0.1, 0.15) is 0 Å². The van der Waals surface area contributed by atoms with Crippen LogP contribution in [-0.2, 0) is 24.7 Å². The summed E-state index contributed by atoms with van der Waals surface area (Å²) >= 11 is 0. The number of fused-ring (bicyclic) bond motifs is 2. The molecule has 0 fully saturated rings. The molecule has 0 saturated carbocycles. The van der Waals surface area contributed by atoms with Crippen LogP contribution in [-0.4, -0.2) is 11.2 Å². The van der Waals surface area contributed by atoms with Crippen LogP contribution in [0.2, 0.25) is 0 Å². The van der Waals surface area contributed by atoms with Gasteiger partial charge in [0.25, 0.3) is 0 Å². The van der Waals surface area contributed by atoms with Gasteiger partial charge < -0.3 is 5.11 Å². The molecule has 0 heterocycles. The number of aliphatic hydroxyl groups excluding tert-OH is 1. The summed E-state index contributed by atoms with van der Waals surface area (Å²) in [6, 6.07) is 27.8. The SMILES string of the molecule is OC1Cc2ccccc2C1(Cc1ccccc1)C1=Cc2ccccc2C1.[Ac]. The van der Waals surface area contributed by atoms with Crippen molar-refractivity contribution in [2.45, 2.75) is 30.8 Å². The van der Waals surface area contributed by atoms with E-state index in [0.29, 0.717) is 0 Å². The first-order chi connectivity index (χ1) is 12.8. The molecule has 1 N–H and O–H groups in total. The van der Waals surface area contributed by atoms with E-state index in [1.165, 1.54) is 33.4 Å². The molecule has 131 valence electrons. The van der Waals surface area contributed by atoms with E-state index in [2.05, 4.69) is 84.9 Å². The number of rotatable bonds is 3. The first-order valence-electron chi connectivity index (χ1n) is 9.37. The van der Waals surface area contributed by atoms with Crippen LogP contribution in [0.5, 0.6) is 0 Å². The van der Waals surface area contributed by atoms with Gasteiger partial charge in [0.2, 0.25) is 0 Å². The third-order valence-corrected chi connectivity index (χ3v) is 6.14. The van der Waals surface area contributed by atoms with Gasteiger partial charge >= 0.3 is 0 Å². The fraction of sp³-hybridized carbons (Fsp3) is 0.200. The molecule has 0 saturated heterocycles. The minimum Gasteiger partial charge on any atom is -0.391 e. The Morgan fingerprint density at radius 3 is 2.26 bits per heavy atom. The molecule has 2 aliphatic rings. The van der Waals surface area contributed by atoms with Crippen LogP contribution in [0.4, 0.5) is 0 Å². The van der Waals surface area contributed by atoms with E-state index in [-0.39, 0.29) is 55.6 Å². The van der Waals surface area contributed by atoms with Crippen molar-refractivity contribution in [2.75, 3.05) is 0 Å². The van der Waals surface area contributed by atoms with E-state index in [1.807, 2.05) is 0 Å². The van der Waals surface area contributed by atoms with Crippen LogP contribution >= 0.6 is 0 Å². The predicted octanol–water partition coefficient (Wildman–Crippen LogP) is 4.72. The molecule has 0 aliphatic heterocycles. The maximum absolute atomic E-state index is 11.3. The summed E-state index contributed by atoms with van der Waals surface area (Å²) in [4.78, 5) is 0. The molecule has 1 radical (unpaired) electrons. The van der Waals surface area contributed by atoms with Crippen LogP contribution < -0.4 is 0 Å². The molecular formula is C25H22AcO. The maximum Gasteiger partial charge on any atom is 0.0718 e. The first kappa shape index (κ1) is 19.1. The van der Waals surface area contributed by atoms with Crippen LogP contribution in [0.3, 0.4) is 0 Å². The first-order valence-corrected chi connectivity index (χ1v) is 9.37. The number of hydrogen-bond acceptors (Lipinski definition) is 1. The standard InChI is InChI=1S/C25H22O.Ac/c26-24-16-21-12-6-7-13-23(21)25(24,17-18-8-2-1-3-9-18)22-14-19-10-4-5-11-20(19)15-22;/h1-14,24,26H,15-17H2;. The summed E-state index contributed by atoms with van der Waals surface area (Å²) in [7, 11) is 0. The van der Waals surface area contributed by atoms with Gasteiger partial charge in [-0.1, -0.05) is 90.5 Å².